The molecular formula is C15H25ClN4O. The summed E-state index contributed by atoms with van der Waals surface area (Å²) in [4.78, 5) is 13.1. The summed E-state index contributed by atoms with van der Waals surface area (Å²) in [7, 11) is 0. The van der Waals surface area contributed by atoms with Crippen molar-refractivity contribution in [3.63, 3.8) is 0 Å². The summed E-state index contributed by atoms with van der Waals surface area (Å²) in [5, 5.41) is 10.5. The van der Waals surface area contributed by atoms with Gasteiger partial charge >= 0.3 is 0 Å². The van der Waals surface area contributed by atoms with E-state index in [4.69, 9.17) is 11.6 Å². The van der Waals surface area contributed by atoms with Crippen LogP contribution in [-0.4, -0.2) is 58.3 Å². The number of rotatable bonds is 5. The molecule has 1 aliphatic rings. The zero-order valence-corrected chi connectivity index (χ0v) is 13.9. The van der Waals surface area contributed by atoms with Gasteiger partial charge in [-0.15, -0.1) is 0 Å². The van der Waals surface area contributed by atoms with E-state index < -0.39 is 5.60 Å². The van der Waals surface area contributed by atoms with Crippen LogP contribution in [0.4, 0.5) is 5.82 Å². The lowest BCUT2D eigenvalue weighted by Gasteiger charge is -2.38. The van der Waals surface area contributed by atoms with Crippen molar-refractivity contribution in [2.75, 3.05) is 37.6 Å². The first kappa shape index (κ1) is 16.5. The van der Waals surface area contributed by atoms with Crippen molar-refractivity contribution in [1.29, 1.82) is 0 Å². The Bertz CT molecular complexity index is 467. The Balaban J connectivity index is 2.04. The van der Waals surface area contributed by atoms with Gasteiger partial charge in [-0.25, -0.2) is 9.97 Å². The summed E-state index contributed by atoms with van der Waals surface area (Å²) in [6.45, 7) is 10.2. The van der Waals surface area contributed by atoms with Crippen LogP contribution < -0.4 is 4.90 Å². The summed E-state index contributed by atoms with van der Waals surface area (Å²) in [6, 6.07) is 0. The molecule has 2 heterocycles. The third kappa shape index (κ3) is 4.53. The van der Waals surface area contributed by atoms with Crippen LogP contribution in [0.5, 0.6) is 0 Å². The van der Waals surface area contributed by atoms with Crippen LogP contribution in [0.15, 0.2) is 6.33 Å². The molecule has 2 rings (SSSR count). The quantitative estimate of drug-likeness (QED) is 0.843. The minimum atomic E-state index is -0.645. The number of aliphatic hydroxyl groups is 1. The third-order valence-electron chi connectivity index (χ3n) is 3.65. The summed E-state index contributed by atoms with van der Waals surface area (Å²) in [5.41, 5.74) is 0.408. The van der Waals surface area contributed by atoms with Crippen LogP contribution in [0, 0.1) is 0 Å². The molecule has 0 bridgehead atoms. The van der Waals surface area contributed by atoms with E-state index in [0.29, 0.717) is 11.7 Å². The summed E-state index contributed by atoms with van der Waals surface area (Å²) in [6.07, 6.45) is 3.47. The zero-order valence-electron chi connectivity index (χ0n) is 13.1. The minimum Gasteiger partial charge on any atom is -0.389 e. The maximum atomic E-state index is 9.91. The van der Waals surface area contributed by atoms with Gasteiger partial charge < -0.3 is 10.0 Å². The van der Waals surface area contributed by atoms with Crippen molar-refractivity contribution in [3.05, 3.63) is 17.0 Å². The lowest BCUT2D eigenvalue weighted by atomic mass is 10.1. The first-order chi connectivity index (χ1) is 9.90. The van der Waals surface area contributed by atoms with Crippen molar-refractivity contribution in [1.82, 2.24) is 14.9 Å². The Labute approximate surface area is 131 Å². The van der Waals surface area contributed by atoms with E-state index in [1.165, 1.54) is 0 Å². The molecule has 1 aromatic heterocycles. The number of aromatic nitrogens is 2. The zero-order chi connectivity index (χ0) is 15.5. The van der Waals surface area contributed by atoms with Gasteiger partial charge in [-0.05, 0) is 20.3 Å². The number of nitrogens with zero attached hydrogens (tertiary/aromatic N) is 4. The average molecular weight is 313 g/mol. The number of hydrogen-bond donors (Lipinski definition) is 1. The molecule has 21 heavy (non-hydrogen) atoms. The highest BCUT2D eigenvalue weighted by Crippen LogP contribution is 2.25. The molecule has 1 fully saturated rings. The maximum Gasteiger partial charge on any atom is 0.137 e. The average Bonchev–Trinajstić information content (AvgIpc) is 2.40. The molecular weight excluding hydrogens is 288 g/mol. The largest absolute Gasteiger partial charge is 0.389 e. The van der Waals surface area contributed by atoms with E-state index >= 15 is 0 Å². The molecule has 0 unspecified atom stereocenters. The second-order valence-electron chi connectivity index (χ2n) is 6.29. The molecule has 1 N–H and O–H groups in total. The Morgan fingerprint density at radius 1 is 1.24 bits per heavy atom. The smallest absolute Gasteiger partial charge is 0.137 e. The predicted molar refractivity (Wildman–Crippen MR) is 86.0 cm³/mol. The van der Waals surface area contributed by atoms with Gasteiger partial charge in [-0.1, -0.05) is 24.9 Å². The van der Waals surface area contributed by atoms with Crippen molar-refractivity contribution in [3.8, 4) is 0 Å². The molecule has 5 nitrogen and oxygen atoms in total. The van der Waals surface area contributed by atoms with Gasteiger partial charge in [0.1, 0.15) is 17.3 Å². The van der Waals surface area contributed by atoms with Crippen molar-refractivity contribution in [2.24, 2.45) is 0 Å². The first-order valence-electron chi connectivity index (χ1n) is 7.60. The van der Waals surface area contributed by atoms with Crippen LogP contribution in [0.1, 0.15) is 32.8 Å². The van der Waals surface area contributed by atoms with Crippen molar-refractivity contribution in [2.45, 2.75) is 39.2 Å². The molecule has 0 radical (unpaired) electrons. The highest BCUT2D eigenvalue weighted by atomic mass is 35.5. The van der Waals surface area contributed by atoms with Gasteiger partial charge in [0, 0.05) is 38.3 Å². The normalized spacial score (nSPS) is 17.3. The Hall–Kier alpha value is -0.910. The molecule has 1 aromatic rings. The van der Waals surface area contributed by atoms with Crippen LogP contribution in [-0.2, 0) is 6.42 Å². The molecule has 6 heteroatoms. The van der Waals surface area contributed by atoms with Gasteiger partial charge in [0.2, 0.25) is 0 Å². The number of piperazine rings is 1. The summed E-state index contributed by atoms with van der Waals surface area (Å²) in [5.74, 6) is 0.972. The minimum absolute atomic E-state index is 0.570. The fraction of sp³-hybridized carbons (Fsp3) is 0.733. The molecule has 0 amide bonds. The SMILES string of the molecule is CCCc1c(Cl)ncnc1N1CCN(CC(C)(C)O)CC1. The van der Waals surface area contributed by atoms with E-state index in [0.717, 1.165) is 50.4 Å². The van der Waals surface area contributed by atoms with Gasteiger partial charge in [-0.2, -0.15) is 0 Å². The Morgan fingerprint density at radius 3 is 2.48 bits per heavy atom. The van der Waals surface area contributed by atoms with Crippen LogP contribution in [0.2, 0.25) is 5.15 Å². The fourth-order valence-electron chi connectivity index (χ4n) is 2.78. The fourth-order valence-corrected chi connectivity index (χ4v) is 3.01. The van der Waals surface area contributed by atoms with E-state index in [-0.39, 0.29) is 0 Å². The summed E-state index contributed by atoms with van der Waals surface area (Å²) >= 11 is 6.22. The molecule has 0 aromatic carbocycles. The highest BCUT2D eigenvalue weighted by Gasteiger charge is 2.24. The molecule has 1 aliphatic heterocycles. The number of halogens is 1. The number of anilines is 1. The lowest BCUT2D eigenvalue weighted by molar-refractivity contribution is 0.0344. The molecule has 0 atom stereocenters. The van der Waals surface area contributed by atoms with Crippen LogP contribution in [0.25, 0.3) is 0 Å². The second kappa shape index (κ2) is 6.90. The van der Waals surface area contributed by atoms with Gasteiger partial charge in [-0.3, -0.25) is 4.90 Å². The van der Waals surface area contributed by atoms with Gasteiger partial charge in [0.15, 0.2) is 0 Å². The summed E-state index contributed by atoms with van der Waals surface area (Å²) < 4.78 is 0. The maximum absolute atomic E-state index is 9.91. The highest BCUT2D eigenvalue weighted by molar-refractivity contribution is 6.30. The van der Waals surface area contributed by atoms with E-state index in [9.17, 15) is 5.11 Å². The van der Waals surface area contributed by atoms with E-state index in [2.05, 4.69) is 26.7 Å². The van der Waals surface area contributed by atoms with Crippen molar-refractivity contribution < 1.29 is 5.11 Å². The van der Waals surface area contributed by atoms with E-state index in [1.807, 2.05) is 13.8 Å². The standard InChI is InChI=1S/C15H25ClN4O/c1-4-5-12-13(16)17-11-18-14(12)20-8-6-19(7-9-20)10-15(2,3)21/h11,21H,4-10H2,1-3H3. The van der Waals surface area contributed by atoms with Crippen LogP contribution in [0.3, 0.4) is 0 Å². The second-order valence-corrected chi connectivity index (χ2v) is 6.65. The third-order valence-corrected chi connectivity index (χ3v) is 3.98. The molecule has 0 spiro atoms. The van der Waals surface area contributed by atoms with E-state index in [1.54, 1.807) is 6.33 Å². The lowest BCUT2D eigenvalue weighted by Crippen LogP contribution is -2.50. The molecule has 0 saturated carbocycles. The Morgan fingerprint density at radius 2 is 1.90 bits per heavy atom. The molecule has 1 saturated heterocycles. The number of hydrogen-bond acceptors (Lipinski definition) is 5. The Kier molecular flexibility index (Phi) is 5.41. The number of β-amino-alcohol motifs (C(OH)–C–C–N with tert-alkyl or cyclic N) is 1. The van der Waals surface area contributed by atoms with Gasteiger partial charge in [0.05, 0.1) is 5.60 Å². The molecule has 0 aliphatic carbocycles. The topological polar surface area (TPSA) is 52.5 Å². The monoisotopic (exact) mass is 312 g/mol. The molecule has 118 valence electrons. The van der Waals surface area contributed by atoms with Crippen molar-refractivity contribution >= 4 is 17.4 Å². The predicted octanol–water partition coefficient (Wildman–Crippen LogP) is 1.98. The van der Waals surface area contributed by atoms with Gasteiger partial charge in [0.25, 0.3) is 0 Å². The van der Waals surface area contributed by atoms with Crippen LogP contribution >= 0.6 is 11.6 Å². The first-order valence-corrected chi connectivity index (χ1v) is 7.97.